The maximum atomic E-state index is 17.1. The summed E-state index contributed by atoms with van der Waals surface area (Å²) >= 11 is 0. The van der Waals surface area contributed by atoms with Gasteiger partial charge in [0.25, 0.3) is 0 Å². The number of likely N-dealkylation sites (tertiary alicyclic amines) is 2. The molecule has 15 nitrogen and oxygen atoms in total. The maximum Gasteiger partial charge on any atom is 0.329 e. The van der Waals surface area contributed by atoms with Crippen molar-refractivity contribution < 1.29 is 33.3 Å². The number of nitrogens with zero attached hydrogens (tertiary/aromatic N) is 8. The quantitative estimate of drug-likeness (QED) is 0.104. The van der Waals surface area contributed by atoms with Crippen molar-refractivity contribution in [3.05, 3.63) is 81.9 Å². The average molecular weight is 954 g/mol. The van der Waals surface area contributed by atoms with Crippen molar-refractivity contribution in [3.8, 4) is 35.4 Å². The number of aromatic nitrogens is 5. The molecule has 11 rings (SSSR count). The molecule has 6 aromatic rings. The number of phenolic OH excluding ortho intramolecular Hbond substituents is 1. The molecule has 4 saturated heterocycles. The van der Waals surface area contributed by atoms with Crippen LogP contribution < -0.4 is 20.6 Å². The van der Waals surface area contributed by atoms with E-state index in [2.05, 4.69) is 37.1 Å². The van der Waals surface area contributed by atoms with E-state index in [9.17, 15) is 24.6 Å². The standard InChI is InChI=1S/C53H57F2N9O6/c1-4-35-39(54)10-9-32-25-34(65)26-37(43(32)35)45-44(55)46-38(27-56-45)48(63-20-6-17-52(2,69)28-63)59-50(58-46)70-30-53(18-19-53)29-61-21-15-33(16-22-61)62-23-13-31(14-24-62)36-7-5-8-40-47(36)60(3)51(68)64(40)41-11-12-42(66)57-49(41)67/h1,5,7-10,25-27,31,33,41,65,69H,6,11-24,28-30H2,2-3H3,(H,57,66,67)/t41?,52-/m1/s1. The monoisotopic (exact) mass is 953 g/mol. The molecule has 70 heavy (non-hydrogen) atoms. The van der Waals surface area contributed by atoms with E-state index in [4.69, 9.17) is 16.1 Å². The lowest BCUT2D eigenvalue weighted by molar-refractivity contribution is -0.135. The van der Waals surface area contributed by atoms with Gasteiger partial charge in [0.05, 0.1) is 34.2 Å². The number of fused-ring (bicyclic) bond motifs is 3. The first kappa shape index (κ1) is 45.9. The number of aromatic hydroxyl groups is 1. The van der Waals surface area contributed by atoms with E-state index in [1.807, 2.05) is 17.0 Å². The average Bonchev–Trinajstić information content (AvgIpc) is 4.07. The molecule has 5 aliphatic rings. The molecular formula is C53H57F2N9O6. The normalized spacial score (nSPS) is 22.7. The van der Waals surface area contributed by atoms with Crippen molar-refractivity contribution in [2.24, 2.45) is 12.5 Å². The van der Waals surface area contributed by atoms with Crippen LogP contribution in [0.4, 0.5) is 14.6 Å². The van der Waals surface area contributed by atoms with Crippen molar-refractivity contribution in [1.29, 1.82) is 0 Å². The number of rotatable bonds is 10. The number of phenols is 1. The maximum absolute atomic E-state index is 17.1. The lowest BCUT2D eigenvalue weighted by Crippen LogP contribution is -2.48. The summed E-state index contributed by atoms with van der Waals surface area (Å²) in [7, 11) is 1.77. The van der Waals surface area contributed by atoms with Gasteiger partial charge in [-0.15, -0.1) is 6.42 Å². The Bertz CT molecular complexity index is 3200. The van der Waals surface area contributed by atoms with E-state index in [0.717, 1.165) is 87.8 Å². The summed E-state index contributed by atoms with van der Waals surface area (Å²) in [6, 6.07) is 11.2. The Balaban J connectivity index is 0.769. The van der Waals surface area contributed by atoms with Crippen LogP contribution in [-0.2, 0) is 16.6 Å². The second-order valence-electron chi connectivity index (χ2n) is 20.7. The molecule has 17 heteroatoms. The van der Waals surface area contributed by atoms with Gasteiger partial charge in [-0.3, -0.25) is 29.0 Å². The smallest absolute Gasteiger partial charge is 0.329 e. The molecule has 0 bridgehead atoms. The lowest BCUT2D eigenvalue weighted by atomic mass is 9.87. The summed E-state index contributed by atoms with van der Waals surface area (Å²) < 4.78 is 41.8. The van der Waals surface area contributed by atoms with Gasteiger partial charge in [0.15, 0.2) is 5.82 Å². The number of carbonyl (C=O) groups is 2. The number of anilines is 1. The van der Waals surface area contributed by atoms with Crippen molar-refractivity contribution in [2.75, 3.05) is 57.3 Å². The number of aryl methyl sites for hydroxylation is 1. The molecular weight excluding hydrogens is 897 g/mol. The van der Waals surface area contributed by atoms with E-state index >= 15 is 8.78 Å². The Labute approximate surface area is 403 Å². The van der Waals surface area contributed by atoms with Gasteiger partial charge >= 0.3 is 11.7 Å². The first-order valence-corrected chi connectivity index (χ1v) is 24.6. The number of β-amino-alcohol motifs (C(OH)–C–C–N with tert-alkyl or cyclic N) is 1. The van der Waals surface area contributed by atoms with Gasteiger partial charge in [0.2, 0.25) is 11.8 Å². The molecule has 4 aliphatic heterocycles. The van der Waals surface area contributed by atoms with Crippen molar-refractivity contribution >= 4 is 50.3 Å². The minimum atomic E-state index is -0.992. The second kappa shape index (κ2) is 17.7. The van der Waals surface area contributed by atoms with Crippen LogP contribution in [0.15, 0.2) is 53.5 Å². The number of para-hydroxylation sites is 1. The number of hydrogen-bond acceptors (Lipinski definition) is 12. The third-order valence-electron chi connectivity index (χ3n) is 15.8. The fourth-order valence-corrected chi connectivity index (χ4v) is 11.9. The minimum absolute atomic E-state index is 0.0126. The van der Waals surface area contributed by atoms with E-state index in [-0.39, 0.29) is 75.4 Å². The number of aliphatic hydroxyl groups is 1. The molecule has 3 aromatic carbocycles. The van der Waals surface area contributed by atoms with Crippen LogP contribution in [0, 0.1) is 29.4 Å². The van der Waals surface area contributed by atoms with Gasteiger partial charge in [-0.05, 0) is 132 Å². The van der Waals surface area contributed by atoms with Crippen LogP contribution in [0.1, 0.15) is 94.2 Å². The Morgan fingerprint density at radius 3 is 2.49 bits per heavy atom. The fraction of sp³-hybridized carbons (Fsp3) is 0.472. The Morgan fingerprint density at radius 1 is 0.971 bits per heavy atom. The van der Waals surface area contributed by atoms with Crippen LogP contribution in [0.2, 0.25) is 0 Å². The molecule has 1 unspecified atom stereocenters. The summed E-state index contributed by atoms with van der Waals surface area (Å²) in [5.74, 6) is 0.712. The molecule has 0 radical (unpaired) electrons. The summed E-state index contributed by atoms with van der Waals surface area (Å²) in [5, 5.41) is 25.2. The summed E-state index contributed by atoms with van der Waals surface area (Å²) in [6.45, 7) is 7.67. The van der Waals surface area contributed by atoms with Gasteiger partial charge in [-0.25, -0.2) is 13.6 Å². The molecule has 2 amide bonds. The number of hydrogen-bond donors (Lipinski definition) is 3. The lowest BCUT2D eigenvalue weighted by Gasteiger charge is -2.42. The highest BCUT2D eigenvalue weighted by atomic mass is 19.1. The third kappa shape index (κ3) is 8.32. The number of pyridine rings is 1. The number of ether oxygens (including phenoxy) is 1. The number of carbonyl (C=O) groups excluding carboxylic acids is 2. The van der Waals surface area contributed by atoms with E-state index in [0.29, 0.717) is 55.0 Å². The number of nitrogens with one attached hydrogen (secondary N) is 1. The molecule has 3 aromatic heterocycles. The molecule has 7 heterocycles. The van der Waals surface area contributed by atoms with Crippen LogP contribution >= 0.6 is 0 Å². The number of benzene rings is 3. The first-order valence-electron chi connectivity index (χ1n) is 24.6. The molecule has 3 N–H and O–H groups in total. The fourth-order valence-electron chi connectivity index (χ4n) is 11.9. The SMILES string of the molecule is C#Cc1c(F)ccc2cc(O)cc(-c3ncc4c(N5CCC[C@@](C)(O)C5)nc(OCC5(CN6CCC(N7CCC(c8cccc9c8n(C)c(=O)n9C8CCC(=O)NC8=O)CC7)CC6)CC5)nc4c3F)c12. The van der Waals surface area contributed by atoms with Gasteiger partial charge < -0.3 is 29.6 Å². The molecule has 5 fully saturated rings. The summed E-state index contributed by atoms with van der Waals surface area (Å²) in [4.78, 5) is 59.3. The van der Waals surface area contributed by atoms with E-state index < -0.39 is 29.2 Å². The minimum Gasteiger partial charge on any atom is -0.508 e. The summed E-state index contributed by atoms with van der Waals surface area (Å²) in [6.07, 6.45) is 15.0. The van der Waals surface area contributed by atoms with Crippen molar-refractivity contribution in [2.45, 2.75) is 94.7 Å². The molecule has 2 atom stereocenters. The van der Waals surface area contributed by atoms with Gasteiger partial charge in [-0.2, -0.15) is 9.97 Å². The Kier molecular flexibility index (Phi) is 11.6. The van der Waals surface area contributed by atoms with E-state index in [1.54, 1.807) is 23.1 Å². The number of terminal acetylenes is 1. The predicted molar refractivity (Wildman–Crippen MR) is 261 cm³/mol. The number of imidazole rings is 1. The van der Waals surface area contributed by atoms with Crippen LogP contribution in [0.25, 0.3) is 44.0 Å². The van der Waals surface area contributed by atoms with Crippen molar-refractivity contribution in [3.63, 3.8) is 0 Å². The molecule has 1 saturated carbocycles. The number of amides is 2. The molecule has 1 aliphatic carbocycles. The summed E-state index contributed by atoms with van der Waals surface area (Å²) in [5.41, 5.74) is 1.23. The first-order chi connectivity index (χ1) is 33.7. The number of imide groups is 1. The zero-order chi connectivity index (χ0) is 48.6. The van der Waals surface area contributed by atoms with Crippen LogP contribution in [0.5, 0.6) is 11.8 Å². The predicted octanol–water partition coefficient (Wildman–Crippen LogP) is 6.30. The molecule has 364 valence electrons. The van der Waals surface area contributed by atoms with Gasteiger partial charge in [0, 0.05) is 61.7 Å². The number of halogens is 2. The Hall–Kier alpha value is -6.48. The highest BCUT2D eigenvalue weighted by Crippen LogP contribution is 2.47. The topological polar surface area (TPSA) is 171 Å². The van der Waals surface area contributed by atoms with Gasteiger partial charge in [-0.1, -0.05) is 24.1 Å². The van der Waals surface area contributed by atoms with E-state index in [1.165, 1.54) is 30.5 Å². The second-order valence-corrected chi connectivity index (χ2v) is 20.7. The van der Waals surface area contributed by atoms with Crippen molar-refractivity contribution in [1.82, 2.24) is 39.2 Å². The zero-order valence-corrected chi connectivity index (χ0v) is 39.5. The number of piperidine rings is 4. The molecule has 0 spiro atoms. The van der Waals surface area contributed by atoms with Crippen LogP contribution in [0.3, 0.4) is 0 Å². The highest BCUT2D eigenvalue weighted by Gasteiger charge is 2.46. The zero-order valence-electron chi connectivity index (χ0n) is 39.5. The largest absolute Gasteiger partial charge is 0.508 e. The van der Waals surface area contributed by atoms with Gasteiger partial charge in [0.1, 0.15) is 34.6 Å². The van der Waals surface area contributed by atoms with Crippen LogP contribution in [-0.4, -0.2) is 120 Å². The highest BCUT2D eigenvalue weighted by molar-refractivity contribution is 6.03. The third-order valence-corrected chi connectivity index (χ3v) is 15.8. The Morgan fingerprint density at radius 2 is 1.76 bits per heavy atom.